The van der Waals surface area contributed by atoms with Gasteiger partial charge in [-0.05, 0) is 26.3 Å². The van der Waals surface area contributed by atoms with Crippen molar-refractivity contribution in [3.05, 3.63) is 5.82 Å². The van der Waals surface area contributed by atoms with Crippen LogP contribution in [0.2, 0.25) is 0 Å². The molecule has 0 amide bonds. The molecule has 4 nitrogen and oxygen atoms in total. The molecule has 5 heteroatoms. The van der Waals surface area contributed by atoms with Crippen molar-refractivity contribution in [3.8, 4) is 5.19 Å². The molecule has 2 heterocycles. The minimum atomic E-state index is 0.279. The van der Waals surface area contributed by atoms with E-state index < -0.39 is 0 Å². The van der Waals surface area contributed by atoms with Crippen LogP contribution in [-0.4, -0.2) is 28.6 Å². The van der Waals surface area contributed by atoms with Crippen molar-refractivity contribution in [2.24, 2.45) is 0 Å². The second-order valence-electron chi connectivity index (χ2n) is 3.19. The highest BCUT2D eigenvalue weighted by molar-refractivity contribution is 7.07. The smallest absolute Gasteiger partial charge is 0.293 e. The summed E-state index contributed by atoms with van der Waals surface area (Å²) >= 11 is 1.33. The van der Waals surface area contributed by atoms with Crippen LogP contribution in [0.5, 0.6) is 5.19 Å². The molecular weight excluding hydrogens is 186 g/mol. The number of hydrogen-bond donors (Lipinski definition) is 1. The molecule has 1 aliphatic rings. The van der Waals surface area contributed by atoms with Crippen LogP contribution in [0, 0.1) is 6.92 Å². The van der Waals surface area contributed by atoms with E-state index in [1.54, 1.807) is 0 Å². The van der Waals surface area contributed by atoms with Crippen LogP contribution in [0.1, 0.15) is 18.7 Å². The first-order valence-corrected chi connectivity index (χ1v) is 5.29. The largest absolute Gasteiger partial charge is 0.464 e. The van der Waals surface area contributed by atoms with Crippen molar-refractivity contribution in [1.82, 2.24) is 14.7 Å². The number of aryl methyl sites for hydroxylation is 1. The molecule has 0 radical (unpaired) electrons. The van der Waals surface area contributed by atoms with Gasteiger partial charge >= 0.3 is 0 Å². The van der Waals surface area contributed by atoms with Crippen molar-refractivity contribution in [1.29, 1.82) is 0 Å². The quantitative estimate of drug-likeness (QED) is 0.771. The van der Waals surface area contributed by atoms with Crippen LogP contribution in [0.15, 0.2) is 0 Å². The third-order valence-corrected chi connectivity index (χ3v) is 2.73. The van der Waals surface area contributed by atoms with Gasteiger partial charge < -0.3 is 10.1 Å². The Morgan fingerprint density at radius 1 is 1.62 bits per heavy atom. The fraction of sp³-hybridized carbons (Fsp3) is 0.750. The highest BCUT2D eigenvalue weighted by Gasteiger charge is 2.15. The fourth-order valence-electron chi connectivity index (χ4n) is 1.39. The van der Waals surface area contributed by atoms with Crippen LogP contribution in [0.4, 0.5) is 0 Å². The first-order valence-electron chi connectivity index (χ1n) is 4.52. The number of nitrogens with one attached hydrogen (secondary N) is 1. The van der Waals surface area contributed by atoms with Gasteiger partial charge in [0.25, 0.3) is 5.19 Å². The molecule has 0 spiro atoms. The van der Waals surface area contributed by atoms with Crippen molar-refractivity contribution < 1.29 is 4.74 Å². The third kappa shape index (κ3) is 2.38. The zero-order valence-electron chi connectivity index (χ0n) is 7.62. The van der Waals surface area contributed by atoms with Crippen LogP contribution < -0.4 is 10.1 Å². The predicted molar refractivity (Wildman–Crippen MR) is 51.2 cm³/mol. The maximum absolute atomic E-state index is 5.66. The lowest BCUT2D eigenvalue weighted by Crippen LogP contribution is -2.37. The summed E-state index contributed by atoms with van der Waals surface area (Å²) in [6.07, 6.45) is 2.58. The van der Waals surface area contributed by atoms with E-state index >= 15 is 0 Å². The summed E-state index contributed by atoms with van der Waals surface area (Å²) in [6, 6.07) is 0. The van der Waals surface area contributed by atoms with E-state index in [4.69, 9.17) is 4.74 Å². The molecular formula is C8H13N3OS. The van der Waals surface area contributed by atoms with Gasteiger partial charge in [0.15, 0.2) is 0 Å². The SMILES string of the molecule is Cc1nsc(O[C@H]2CCCNC2)n1. The number of aromatic nitrogens is 2. The van der Waals surface area contributed by atoms with Crippen molar-refractivity contribution >= 4 is 11.5 Å². The molecule has 1 saturated heterocycles. The van der Waals surface area contributed by atoms with Crippen LogP contribution >= 0.6 is 11.5 Å². The minimum Gasteiger partial charge on any atom is -0.464 e. The average molecular weight is 199 g/mol. The summed E-state index contributed by atoms with van der Waals surface area (Å²) in [5, 5.41) is 3.99. The molecule has 0 unspecified atom stereocenters. The monoisotopic (exact) mass is 199 g/mol. The number of nitrogens with zero attached hydrogens (tertiary/aromatic N) is 2. The van der Waals surface area contributed by atoms with E-state index in [2.05, 4.69) is 14.7 Å². The Bertz CT molecular complexity index is 270. The second-order valence-corrected chi connectivity index (χ2v) is 3.91. The van der Waals surface area contributed by atoms with Crippen molar-refractivity contribution in [2.45, 2.75) is 25.9 Å². The lowest BCUT2D eigenvalue weighted by atomic mass is 10.1. The highest BCUT2D eigenvalue weighted by atomic mass is 32.1. The summed E-state index contributed by atoms with van der Waals surface area (Å²) < 4.78 is 9.73. The van der Waals surface area contributed by atoms with Gasteiger partial charge in [0, 0.05) is 18.1 Å². The van der Waals surface area contributed by atoms with Crippen molar-refractivity contribution in [3.63, 3.8) is 0 Å². The maximum atomic E-state index is 5.66. The van der Waals surface area contributed by atoms with Gasteiger partial charge in [-0.1, -0.05) is 0 Å². The number of piperidine rings is 1. The Balaban J connectivity index is 1.89. The fourth-order valence-corrected chi connectivity index (χ4v) is 1.99. The Kier molecular flexibility index (Phi) is 2.75. The molecule has 0 saturated carbocycles. The zero-order valence-corrected chi connectivity index (χ0v) is 8.43. The Morgan fingerprint density at radius 2 is 2.54 bits per heavy atom. The van der Waals surface area contributed by atoms with Gasteiger partial charge in [0.1, 0.15) is 11.9 Å². The van der Waals surface area contributed by atoms with Gasteiger partial charge in [-0.2, -0.15) is 9.36 Å². The summed E-state index contributed by atoms with van der Waals surface area (Å²) in [5.74, 6) is 0.795. The first-order chi connectivity index (χ1) is 6.34. The highest BCUT2D eigenvalue weighted by Crippen LogP contribution is 2.17. The van der Waals surface area contributed by atoms with Gasteiger partial charge in [-0.25, -0.2) is 0 Å². The van der Waals surface area contributed by atoms with Gasteiger partial charge in [-0.3, -0.25) is 0 Å². The summed E-state index contributed by atoms with van der Waals surface area (Å²) in [5.41, 5.74) is 0. The normalized spacial score (nSPS) is 23.0. The van der Waals surface area contributed by atoms with E-state index in [1.165, 1.54) is 18.0 Å². The summed E-state index contributed by atoms with van der Waals surface area (Å²) in [7, 11) is 0. The molecule has 1 aromatic heterocycles. The molecule has 13 heavy (non-hydrogen) atoms. The van der Waals surface area contributed by atoms with E-state index in [1.807, 2.05) is 6.92 Å². The first kappa shape index (κ1) is 8.90. The molecule has 0 bridgehead atoms. The Morgan fingerprint density at radius 3 is 3.15 bits per heavy atom. The number of ether oxygens (including phenoxy) is 1. The van der Waals surface area contributed by atoms with E-state index in [0.717, 1.165) is 25.3 Å². The Hall–Kier alpha value is -0.680. The van der Waals surface area contributed by atoms with Crippen molar-refractivity contribution in [2.75, 3.05) is 13.1 Å². The second kappa shape index (κ2) is 4.02. The van der Waals surface area contributed by atoms with Gasteiger partial charge in [0.2, 0.25) is 0 Å². The lowest BCUT2D eigenvalue weighted by Gasteiger charge is -2.22. The van der Waals surface area contributed by atoms with E-state index in [0.29, 0.717) is 5.19 Å². The predicted octanol–water partition coefficient (Wildman–Crippen LogP) is 0.977. The molecule has 0 aromatic carbocycles. The maximum Gasteiger partial charge on any atom is 0.293 e. The van der Waals surface area contributed by atoms with E-state index in [-0.39, 0.29) is 6.10 Å². The van der Waals surface area contributed by atoms with Crippen LogP contribution in [-0.2, 0) is 0 Å². The minimum absolute atomic E-state index is 0.279. The van der Waals surface area contributed by atoms with E-state index in [9.17, 15) is 0 Å². The molecule has 2 rings (SSSR count). The topological polar surface area (TPSA) is 47.0 Å². The molecule has 1 N–H and O–H groups in total. The molecule has 1 fully saturated rings. The molecule has 72 valence electrons. The average Bonchev–Trinajstić information content (AvgIpc) is 2.53. The van der Waals surface area contributed by atoms with Crippen LogP contribution in [0.25, 0.3) is 0 Å². The summed E-state index contributed by atoms with van der Waals surface area (Å²) in [6.45, 7) is 3.91. The molecule has 1 aromatic rings. The molecule has 1 atom stereocenters. The zero-order chi connectivity index (χ0) is 9.10. The molecule has 1 aliphatic heterocycles. The molecule has 0 aliphatic carbocycles. The lowest BCUT2D eigenvalue weighted by molar-refractivity contribution is 0.166. The Labute approximate surface area is 81.5 Å². The third-order valence-electron chi connectivity index (χ3n) is 2.03. The standard InChI is InChI=1S/C8H13N3OS/c1-6-10-8(13-11-6)12-7-3-2-4-9-5-7/h7,9H,2-5H2,1H3/t7-/m0/s1. The number of rotatable bonds is 2. The van der Waals surface area contributed by atoms with Gasteiger partial charge in [-0.15, -0.1) is 0 Å². The number of hydrogen-bond acceptors (Lipinski definition) is 5. The van der Waals surface area contributed by atoms with Gasteiger partial charge in [0.05, 0.1) is 0 Å². The summed E-state index contributed by atoms with van der Waals surface area (Å²) in [4.78, 5) is 4.16. The van der Waals surface area contributed by atoms with Crippen LogP contribution in [0.3, 0.4) is 0 Å².